The summed E-state index contributed by atoms with van der Waals surface area (Å²) in [7, 11) is 0. The van der Waals surface area contributed by atoms with E-state index in [1.807, 2.05) is 13.8 Å². The van der Waals surface area contributed by atoms with Crippen LogP contribution in [-0.4, -0.2) is 16.7 Å². The Morgan fingerprint density at radius 2 is 1.85 bits per heavy atom. The number of halogens is 1. The SMILES string of the molecule is CC(C)c1nc2ccc(NC(=O)CCC(=O)c3ccc(Cl)cc3)cc2o1. The lowest BCUT2D eigenvalue weighted by Gasteiger charge is -2.05. The molecule has 134 valence electrons. The fourth-order valence-electron chi connectivity index (χ4n) is 2.50. The van der Waals surface area contributed by atoms with Crippen molar-refractivity contribution in [3.8, 4) is 0 Å². The molecule has 26 heavy (non-hydrogen) atoms. The quantitative estimate of drug-likeness (QED) is 0.605. The van der Waals surface area contributed by atoms with Crippen molar-refractivity contribution >= 4 is 40.1 Å². The number of aromatic nitrogens is 1. The van der Waals surface area contributed by atoms with E-state index < -0.39 is 0 Å². The summed E-state index contributed by atoms with van der Waals surface area (Å²) in [6.45, 7) is 4.01. The first-order valence-corrected chi connectivity index (χ1v) is 8.79. The second-order valence-corrected chi connectivity index (χ2v) is 6.80. The van der Waals surface area contributed by atoms with Crippen molar-refractivity contribution < 1.29 is 14.0 Å². The first kappa shape index (κ1) is 18.1. The van der Waals surface area contributed by atoms with Gasteiger partial charge in [-0.2, -0.15) is 0 Å². The van der Waals surface area contributed by atoms with E-state index >= 15 is 0 Å². The van der Waals surface area contributed by atoms with Gasteiger partial charge in [-0.15, -0.1) is 0 Å². The monoisotopic (exact) mass is 370 g/mol. The average molecular weight is 371 g/mol. The number of amides is 1. The summed E-state index contributed by atoms with van der Waals surface area (Å²) in [6, 6.07) is 12.0. The number of hydrogen-bond acceptors (Lipinski definition) is 4. The van der Waals surface area contributed by atoms with Crippen LogP contribution in [0.1, 0.15) is 48.9 Å². The summed E-state index contributed by atoms with van der Waals surface area (Å²) < 4.78 is 5.69. The molecule has 0 bridgehead atoms. The second kappa shape index (κ2) is 7.70. The van der Waals surface area contributed by atoms with E-state index in [4.69, 9.17) is 16.0 Å². The Morgan fingerprint density at radius 3 is 2.54 bits per heavy atom. The molecule has 0 aliphatic heterocycles. The lowest BCUT2D eigenvalue weighted by Crippen LogP contribution is -2.13. The summed E-state index contributed by atoms with van der Waals surface area (Å²) >= 11 is 5.81. The molecule has 0 unspecified atom stereocenters. The maximum absolute atomic E-state index is 12.1. The number of hydrogen-bond donors (Lipinski definition) is 1. The van der Waals surface area contributed by atoms with E-state index in [-0.39, 0.29) is 30.4 Å². The molecule has 2 aromatic carbocycles. The van der Waals surface area contributed by atoms with Gasteiger partial charge in [-0.25, -0.2) is 4.98 Å². The first-order chi connectivity index (χ1) is 12.4. The zero-order valence-corrected chi connectivity index (χ0v) is 15.3. The van der Waals surface area contributed by atoms with Gasteiger partial charge in [-0.3, -0.25) is 9.59 Å². The summed E-state index contributed by atoms with van der Waals surface area (Å²) in [5.41, 5.74) is 2.55. The average Bonchev–Trinajstić information content (AvgIpc) is 3.04. The van der Waals surface area contributed by atoms with Crippen LogP contribution >= 0.6 is 11.6 Å². The highest BCUT2D eigenvalue weighted by Crippen LogP contribution is 2.24. The number of oxazole rings is 1. The normalized spacial score (nSPS) is 11.1. The van der Waals surface area contributed by atoms with E-state index in [1.54, 1.807) is 42.5 Å². The molecule has 0 radical (unpaired) electrons. The van der Waals surface area contributed by atoms with Gasteiger partial charge in [0.2, 0.25) is 5.91 Å². The van der Waals surface area contributed by atoms with Gasteiger partial charge in [0.25, 0.3) is 0 Å². The summed E-state index contributed by atoms with van der Waals surface area (Å²) in [5.74, 6) is 0.538. The van der Waals surface area contributed by atoms with Crippen LogP contribution in [0.5, 0.6) is 0 Å². The van der Waals surface area contributed by atoms with Gasteiger partial charge in [0, 0.05) is 41.1 Å². The molecule has 1 heterocycles. The highest BCUT2D eigenvalue weighted by molar-refractivity contribution is 6.30. The molecular formula is C20H19ClN2O3. The third-order valence-corrected chi connectivity index (χ3v) is 4.18. The van der Waals surface area contributed by atoms with Crippen molar-refractivity contribution in [3.63, 3.8) is 0 Å². The molecule has 0 spiro atoms. The summed E-state index contributed by atoms with van der Waals surface area (Å²) in [5, 5.41) is 3.36. The Bertz CT molecular complexity index is 945. The minimum absolute atomic E-state index is 0.0934. The minimum Gasteiger partial charge on any atom is -0.440 e. The maximum atomic E-state index is 12.1. The van der Waals surface area contributed by atoms with Gasteiger partial charge in [-0.05, 0) is 36.4 Å². The molecular weight excluding hydrogens is 352 g/mol. The number of nitrogens with zero attached hydrogens (tertiary/aromatic N) is 1. The van der Waals surface area contributed by atoms with Crippen LogP contribution in [-0.2, 0) is 4.79 Å². The lowest BCUT2D eigenvalue weighted by atomic mass is 10.1. The van der Waals surface area contributed by atoms with Crippen LogP contribution in [0.15, 0.2) is 46.9 Å². The molecule has 0 fully saturated rings. The lowest BCUT2D eigenvalue weighted by molar-refractivity contribution is -0.116. The summed E-state index contributed by atoms with van der Waals surface area (Å²) in [6.07, 6.45) is 0.239. The number of carbonyl (C=O) groups excluding carboxylic acids is 2. The predicted octanol–water partition coefficient (Wildman–Crippen LogP) is 5.21. The number of anilines is 1. The van der Waals surface area contributed by atoms with Gasteiger partial charge in [0.15, 0.2) is 17.3 Å². The third-order valence-electron chi connectivity index (χ3n) is 3.93. The molecule has 1 N–H and O–H groups in total. The van der Waals surface area contributed by atoms with E-state index in [2.05, 4.69) is 10.3 Å². The number of carbonyl (C=O) groups is 2. The Balaban J connectivity index is 1.60. The predicted molar refractivity (Wildman–Crippen MR) is 102 cm³/mol. The number of nitrogens with one attached hydrogen (secondary N) is 1. The van der Waals surface area contributed by atoms with Crippen molar-refractivity contribution in [1.82, 2.24) is 4.98 Å². The van der Waals surface area contributed by atoms with E-state index in [9.17, 15) is 9.59 Å². The van der Waals surface area contributed by atoms with Crippen molar-refractivity contribution in [3.05, 3.63) is 58.9 Å². The van der Waals surface area contributed by atoms with Crippen LogP contribution in [0, 0.1) is 0 Å². The van der Waals surface area contributed by atoms with E-state index in [1.165, 1.54) is 0 Å². The first-order valence-electron chi connectivity index (χ1n) is 8.41. The summed E-state index contributed by atoms with van der Waals surface area (Å²) in [4.78, 5) is 28.6. The molecule has 0 saturated carbocycles. The molecule has 1 aromatic heterocycles. The topological polar surface area (TPSA) is 72.2 Å². The number of fused-ring (bicyclic) bond motifs is 1. The molecule has 5 nitrogen and oxygen atoms in total. The van der Waals surface area contributed by atoms with Crippen LogP contribution < -0.4 is 5.32 Å². The molecule has 0 atom stereocenters. The van der Waals surface area contributed by atoms with Crippen molar-refractivity contribution in [1.29, 1.82) is 0 Å². The molecule has 0 aliphatic rings. The fraction of sp³-hybridized carbons (Fsp3) is 0.250. The highest BCUT2D eigenvalue weighted by atomic mass is 35.5. The van der Waals surface area contributed by atoms with Crippen LogP contribution in [0.25, 0.3) is 11.1 Å². The van der Waals surface area contributed by atoms with Crippen molar-refractivity contribution in [2.45, 2.75) is 32.6 Å². The highest BCUT2D eigenvalue weighted by Gasteiger charge is 2.12. The fourth-order valence-corrected chi connectivity index (χ4v) is 2.62. The molecule has 3 rings (SSSR count). The third kappa shape index (κ3) is 4.29. The van der Waals surface area contributed by atoms with Gasteiger partial charge >= 0.3 is 0 Å². The number of Topliss-reactive ketones (excluding diaryl/α,β-unsaturated/α-hetero) is 1. The minimum atomic E-state index is -0.227. The van der Waals surface area contributed by atoms with Crippen LogP contribution in [0.3, 0.4) is 0 Å². The Labute approximate surface area is 156 Å². The molecule has 3 aromatic rings. The maximum Gasteiger partial charge on any atom is 0.224 e. The number of rotatable bonds is 6. The van der Waals surface area contributed by atoms with E-state index in [0.717, 1.165) is 5.52 Å². The Hall–Kier alpha value is -2.66. The van der Waals surface area contributed by atoms with Crippen molar-refractivity contribution in [2.24, 2.45) is 0 Å². The Morgan fingerprint density at radius 1 is 1.12 bits per heavy atom. The molecule has 0 saturated heterocycles. The van der Waals surface area contributed by atoms with Gasteiger partial charge in [0.05, 0.1) is 0 Å². The second-order valence-electron chi connectivity index (χ2n) is 6.37. The van der Waals surface area contributed by atoms with Gasteiger partial charge < -0.3 is 9.73 Å². The van der Waals surface area contributed by atoms with E-state index in [0.29, 0.717) is 27.7 Å². The van der Waals surface area contributed by atoms with Gasteiger partial charge in [0.1, 0.15) is 5.52 Å². The van der Waals surface area contributed by atoms with Crippen LogP contribution in [0.4, 0.5) is 5.69 Å². The van der Waals surface area contributed by atoms with Gasteiger partial charge in [-0.1, -0.05) is 25.4 Å². The van der Waals surface area contributed by atoms with Crippen LogP contribution in [0.2, 0.25) is 5.02 Å². The molecule has 0 aliphatic carbocycles. The Kier molecular flexibility index (Phi) is 5.38. The molecule has 1 amide bonds. The largest absolute Gasteiger partial charge is 0.440 e. The number of ketones is 1. The smallest absolute Gasteiger partial charge is 0.224 e. The molecule has 6 heteroatoms. The standard InChI is InChI=1S/C20H19ClN2O3/c1-12(2)20-23-16-8-7-15(11-18(16)26-20)22-19(25)10-9-17(24)13-3-5-14(21)6-4-13/h3-8,11-12H,9-10H2,1-2H3,(H,22,25). The zero-order valence-electron chi connectivity index (χ0n) is 14.6. The van der Waals surface area contributed by atoms with Crippen molar-refractivity contribution in [2.75, 3.05) is 5.32 Å². The number of benzene rings is 2. The zero-order chi connectivity index (χ0) is 18.7.